The van der Waals surface area contributed by atoms with Crippen LogP contribution in [0.5, 0.6) is 5.75 Å². The molecule has 0 amide bonds. The highest BCUT2D eigenvalue weighted by molar-refractivity contribution is 7.90. The molecule has 0 heterocycles. The lowest BCUT2D eigenvalue weighted by molar-refractivity contribution is 0.415. The first-order chi connectivity index (χ1) is 10.5. The van der Waals surface area contributed by atoms with Crippen LogP contribution in [-0.2, 0) is 10.0 Å². The van der Waals surface area contributed by atoms with Gasteiger partial charge in [-0.1, -0.05) is 24.6 Å². The Hall–Kier alpha value is -2.14. The van der Waals surface area contributed by atoms with Crippen molar-refractivity contribution in [1.29, 1.82) is 0 Å². The minimum absolute atomic E-state index is 0.206. The molecule has 0 saturated heterocycles. The fourth-order valence-electron chi connectivity index (χ4n) is 2.01. The van der Waals surface area contributed by atoms with Crippen molar-refractivity contribution in [2.45, 2.75) is 25.2 Å². The lowest BCUT2D eigenvalue weighted by Crippen LogP contribution is -2.05. The molecule has 0 bridgehead atoms. The zero-order valence-corrected chi connectivity index (χ0v) is 13.7. The average molecular weight is 317 g/mol. The molecule has 4 nitrogen and oxygen atoms in total. The SMILES string of the molecule is CCC(=NS(=O)(=O)c1ccc(C)cc1)c1ccc(OC)cc1. The van der Waals surface area contributed by atoms with E-state index >= 15 is 0 Å². The van der Waals surface area contributed by atoms with Gasteiger partial charge in [0.15, 0.2) is 0 Å². The fourth-order valence-corrected chi connectivity index (χ4v) is 3.12. The van der Waals surface area contributed by atoms with Crippen molar-refractivity contribution >= 4 is 15.7 Å². The van der Waals surface area contributed by atoms with E-state index in [9.17, 15) is 8.42 Å². The quantitative estimate of drug-likeness (QED) is 0.792. The van der Waals surface area contributed by atoms with E-state index < -0.39 is 10.0 Å². The molecule has 0 aliphatic carbocycles. The average Bonchev–Trinajstić information content (AvgIpc) is 2.53. The molecule has 0 aromatic heterocycles. The van der Waals surface area contributed by atoms with Gasteiger partial charge in [-0.2, -0.15) is 12.8 Å². The zero-order chi connectivity index (χ0) is 16.2. The number of rotatable bonds is 5. The van der Waals surface area contributed by atoms with Crippen LogP contribution in [0, 0.1) is 6.92 Å². The van der Waals surface area contributed by atoms with E-state index in [1.54, 1.807) is 43.5 Å². The van der Waals surface area contributed by atoms with Gasteiger partial charge in [-0.3, -0.25) is 0 Å². The van der Waals surface area contributed by atoms with Crippen LogP contribution in [0.1, 0.15) is 24.5 Å². The van der Waals surface area contributed by atoms with Gasteiger partial charge in [0.05, 0.1) is 17.7 Å². The van der Waals surface area contributed by atoms with E-state index in [0.717, 1.165) is 16.9 Å². The summed E-state index contributed by atoms with van der Waals surface area (Å²) in [7, 11) is -2.11. The first-order valence-electron chi connectivity index (χ1n) is 7.01. The van der Waals surface area contributed by atoms with Crippen molar-refractivity contribution in [3.05, 3.63) is 59.7 Å². The van der Waals surface area contributed by atoms with Crippen LogP contribution in [-0.4, -0.2) is 21.2 Å². The Morgan fingerprint density at radius 2 is 1.64 bits per heavy atom. The van der Waals surface area contributed by atoms with Gasteiger partial charge in [0, 0.05) is 0 Å². The summed E-state index contributed by atoms with van der Waals surface area (Å²) in [6.45, 7) is 3.79. The Labute approximate surface area is 131 Å². The van der Waals surface area contributed by atoms with Crippen molar-refractivity contribution in [3.8, 4) is 5.75 Å². The molecule has 0 N–H and O–H groups in total. The maximum Gasteiger partial charge on any atom is 0.282 e. The second-order valence-electron chi connectivity index (χ2n) is 4.91. The van der Waals surface area contributed by atoms with Crippen LogP contribution in [0.3, 0.4) is 0 Å². The first kappa shape index (κ1) is 16.2. The highest BCUT2D eigenvalue weighted by atomic mass is 32.2. The highest BCUT2D eigenvalue weighted by Crippen LogP contribution is 2.18. The number of methoxy groups -OCH3 is 1. The van der Waals surface area contributed by atoms with Crippen molar-refractivity contribution < 1.29 is 13.2 Å². The third-order valence-corrected chi connectivity index (χ3v) is 4.64. The monoisotopic (exact) mass is 317 g/mol. The summed E-state index contributed by atoms with van der Waals surface area (Å²) in [5.41, 5.74) is 2.32. The van der Waals surface area contributed by atoms with Crippen molar-refractivity contribution in [2.24, 2.45) is 4.40 Å². The Balaban J connectivity index is 2.40. The van der Waals surface area contributed by atoms with Gasteiger partial charge in [-0.25, -0.2) is 0 Å². The zero-order valence-electron chi connectivity index (χ0n) is 12.9. The maximum atomic E-state index is 12.4. The Morgan fingerprint density at radius 3 is 2.14 bits per heavy atom. The van der Waals surface area contributed by atoms with Crippen molar-refractivity contribution in [1.82, 2.24) is 0 Å². The van der Waals surface area contributed by atoms with Crippen LogP contribution in [0.25, 0.3) is 0 Å². The van der Waals surface area contributed by atoms with Gasteiger partial charge < -0.3 is 4.74 Å². The number of aryl methyl sites for hydroxylation is 1. The molecule has 2 rings (SSSR count). The predicted octanol–water partition coefficient (Wildman–Crippen LogP) is 3.59. The molecule has 2 aromatic carbocycles. The molecule has 2 aromatic rings. The molecule has 0 aliphatic heterocycles. The van der Waals surface area contributed by atoms with Crippen LogP contribution >= 0.6 is 0 Å². The van der Waals surface area contributed by atoms with Gasteiger partial charge >= 0.3 is 0 Å². The molecule has 0 spiro atoms. The van der Waals surface area contributed by atoms with E-state index in [1.165, 1.54) is 0 Å². The van der Waals surface area contributed by atoms with E-state index in [0.29, 0.717) is 12.1 Å². The summed E-state index contributed by atoms with van der Waals surface area (Å²) in [5.74, 6) is 0.723. The molecule has 22 heavy (non-hydrogen) atoms. The van der Waals surface area contributed by atoms with E-state index in [1.807, 2.05) is 26.0 Å². The standard InChI is InChI=1S/C17H19NO3S/c1-4-17(14-7-9-15(21-3)10-8-14)18-22(19,20)16-11-5-13(2)6-12-16/h5-12H,4H2,1-3H3. The van der Waals surface area contributed by atoms with Crippen molar-refractivity contribution in [2.75, 3.05) is 7.11 Å². The summed E-state index contributed by atoms with van der Waals surface area (Å²) >= 11 is 0. The topological polar surface area (TPSA) is 55.7 Å². The number of hydrogen-bond donors (Lipinski definition) is 0. The summed E-state index contributed by atoms with van der Waals surface area (Å²) in [6.07, 6.45) is 0.525. The molecule has 0 radical (unpaired) electrons. The molecular weight excluding hydrogens is 298 g/mol. The number of ether oxygens (including phenoxy) is 1. The fraction of sp³-hybridized carbons (Fsp3) is 0.235. The molecule has 0 aliphatic rings. The highest BCUT2D eigenvalue weighted by Gasteiger charge is 2.14. The Bertz CT molecular complexity index is 761. The molecule has 0 saturated carbocycles. The Morgan fingerprint density at radius 1 is 1.05 bits per heavy atom. The largest absolute Gasteiger partial charge is 0.497 e. The molecule has 0 unspecified atom stereocenters. The Kier molecular flexibility index (Phi) is 4.98. The van der Waals surface area contributed by atoms with Crippen LogP contribution < -0.4 is 4.74 Å². The lowest BCUT2D eigenvalue weighted by atomic mass is 10.1. The van der Waals surface area contributed by atoms with Crippen LogP contribution in [0.15, 0.2) is 57.8 Å². The lowest BCUT2D eigenvalue weighted by Gasteiger charge is -2.06. The molecule has 116 valence electrons. The number of hydrogen-bond acceptors (Lipinski definition) is 3. The first-order valence-corrected chi connectivity index (χ1v) is 8.45. The smallest absolute Gasteiger partial charge is 0.282 e. The summed E-state index contributed by atoms with van der Waals surface area (Å²) < 4.78 is 33.9. The summed E-state index contributed by atoms with van der Waals surface area (Å²) in [6, 6.07) is 13.9. The minimum atomic E-state index is -3.70. The molecule has 5 heteroatoms. The summed E-state index contributed by atoms with van der Waals surface area (Å²) in [5, 5.41) is 0. The summed E-state index contributed by atoms with van der Waals surface area (Å²) in [4.78, 5) is 0.206. The van der Waals surface area contributed by atoms with Gasteiger partial charge in [0.1, 0.15) is 5.75 Å². The van der Waals surface area contributed by atoms with Crippen LogP contribution in [0.4, 0.5) is 0 Å². The third-order valence-electron chi connectivity index (χ3n) is 3.31. The second-order valence-corrected chi connectivity index (χ2v) is 6.51. The van der Waals surface area contributed by atoms with E-state index in [4.69, 9.17) is 4.74 Å². The van der Waals surface area contributed by atoms with Gasteiger partial charge in [0.25, 0.3) is 10.0 Å². The molecule has 0 fully saturated rings. The molecule has 0 atom stereocenters. The predicted molar refractivity (Wildman–Crippen MR) is 88.2 cm³/mol. The third kappa shape index (κ3) is 3.74. The van der Waals surface area contributed by atoms with Gasteiger partial charge in [0.2, 0.25) is 0 Å². The van der Waals surface area contributed by atoms with E-state index in [-0.39, 0.29) is 4.90 Å². The second kappa shape index (κ2) is 6.75. The normalized spacial score (nSPS) is 12.2. The minimum Gasteiger partial charge on any atom is -0.497 e. The molecular formula is C17H19NO3S. The number of sulfonamides is 1. The van der Waals surface area contributed by atoms with Gasteiger partial charge in [-0.15, -0.1) is 0 Å². The van der Waals surface area contributed by atoms with E-state index in [2.05, 4.69) is 4.40 Å². The van der Waals surface area contributed by atoms with Gasteiger partial charge in [-0.05, 0) is 55.3 Å². The van der Waals surface area contributed by atoms with Crippen molar-refractivity contribution in [3.63, 3.8) is 0 Å². The van der Waals surface area contributed by atoms with Crippen LogP contribution in [0.2, 0.25) is 0 Å². The number of nitrogens with zero attached hydrogens (tertiary/aromatic N) is 1. The number of benzene rings is 2. The maximum absolute atomic E-state index is 12.4.